The van der Waals surface area contributed by atoms with Crippen LogP contribution >= 0.6 is 12.4 Å². The quantitative estimate of drug-likeness (QED) is 0.0673. The molecule has 2 N–H and O–H groups in total. The number of hydrogen-bond acceptors (Lipinski definition) is 7. The molecular weight excluding hydrogens is 534 g/mol. The van der Waals surface area contributed by atoms with E-state index in [1.165, 1.54) is 83.5 Å². The van der Waals surface area contributed by atoms with Gasteiger partial charge in [-0.05, 0) is 39.0 Å². The van der Waals surface area contributed by atoms with Gasteiger partial charge in [0.15, 0.2) is 0 Å². The van der Waals surface area contributed by atoms with E-state index in [1.807, 2.05) is 0 Å². The van der Waals surface area contributed by atoms with Gasteiger partial charge in [0.2, 0.25) is 0 Å². The van der Waals surface area contributed by atoms with Crippen LogP contribution in [0.25, 0.3) is 0 Å². The normalized spacial score (nSPS) is 13.0. The Bertz CT molecular complexity index is 472. The van der Waals surface area contributed by atoms with Gasteiger partial charge in [0.05, 0.1) is 39.6 Å². The number of ether oxygens (including phenoxy) is 3. The Hall–Kier alpha value is 0.227. The Labute approximate surface area is 249 Å². The van der Waals surface area contributed by atoms with Gasteiger partial charge in [-0.15, -0.1) is 12.4 Å². The molecule has 0 heterocycles. The molecule has 0 spiro atoms. The molecule has 0 radical (unpaired) electrons. The third-order valence-electron chi connectivity index (χ3n) is 7.32. The molecule has 0 rings (SSSR count). The number of nitrogens with two attached hydrogens (primary N) is 1. The highest BCUT2D eigenvalue weighted by Gasteiger charge is 2.41. The first-order valence-corrected chi connectivity index (χ1v) is 17.5. The van der Waals surface area contributed by atoms with Gasteiger partial charge in [-0.2, -0.15) is 0 Å². The SMILES string of the molecule is CCCCCCCCCCCCCCC(CCC[Si](OCCOC)(OCCOC)OCCOC)C(C)(C)N.Cl. The van der Waals surface area contributed by atoms with E-state index in [0.29, 0.717) is 45.6 Å². The molecule has 0 aliphatic carbocycles. The van der Waals surface area contributed by atoms with Crippen LogP contribution in [0, 0.1) is 5.92 Å². The summed E-state index contributed by atoms with van der Waals surface area (Å²) in [5.74, 6) is 0.467. The largest absolute Gasteiger partial charge is 0.501 e. The Morgan fingerprint density at radius 3 is 1.28 bits per heavy atom. The summed E-state index contributed by atoms with van der Waals surface area (Å²) >= 11 is 0. The van der Waals surface area contributed by atoms with Crippen LogP contribution in [0.4, 0.5) is 0 Å². The van der Waals surface area contributed by atoms with Crippen molar-refractivity contribution in [1.29, 1.82) is 0 Å². The first-order valence-electron chi connectivity index (χ1n) is 15.5. The third-order valence-corrected chi connectivity index (χ3v) is 10.2. The predicted molar refractivity (Wildman–Crippen MR) is 168 cm³/mol. The van der Waals surface area contributed by atoms with Gasteiger partial charge in [-0.25, -0.2) is 0 Å². The van der Waals surface area contributed by atoms with Crippen LogP contribution in [-0.4, -0.2) is 75.3 Å². The van der Waals surface area contributed by atoms with E-state index < -0.39 is 8.80 Å². The van der Waals surface area contributed by atoms with Gasteiger partial charge in [0, 0.05) is 32.9 Å². The predicted octanol–water partition coefficient (Wildman–Crippen LogP) is 7.56. The number of hydrogen-bond donors (Lipinski definition) is 1. The lowest BCUT2D eigenvalue weighted by molar-refractivity contribution is 0.0139. The highest BCUT2D eigenvalue weighted by molar-refractivity contribution is 6.60. The van der Waals surface area contributed by atoms with E-state index in [1.54, 1.807) is 21.3 Å². The van der Waals surface area contributed by atoms with Crippen LogP contribution in [0.3, 0.4) is 0 Å². The summed E-state index contributed by atoms with van der Waals surface area (Å²) < 4.78 is 34.3. The fourth-order valence-corrected chi connectivity index (χ4v) is 7.37. The van der Waals surface area contributed by atoms with Crippen molar-refractivity contribution in [2.45, 2.75) is 129 Å². The molecule has 1 atom stereocenters. The fraction of sp³-hybridized carbons (Fsp3) is 1.00. The highest BCUT2D eigenvalue weighted by atomic mass is 35.5. The first-order chi connectivity index (χ1) is 18.3. The Kier molecular flexibility index (Phi) is 30.1. The van der Waals surface area contributed by atoms with E-state index >= 15 is 0 Å². The lowest BCUT2D eigenvalue weighted by atomic mass is 9.81. The maximum absolute atomic E-state index is 6.63. The summed E-state index contributed by atoms with van der Waals surface area (Å²) in [5, 5.41) is 0. The Morgan fingerprint density at radius 2 is 0.923 bits per heavy atom. The molecule has 238 valence electrons. The van der Waals surface area contributed by atoms with Gasteiger partial charge in [0.25, 0.3) is 0 Å². The van der Waals surface area contributed by atoms with E-state index in [4.69, 9.17) is 33.2 Å². The van der Waals surface area contributed by atoms with Crippen molar-refractivity contribution in [3.8, 4) is 0 Å². The minimum atomic E-state index is -2.88. The van der Waals surface area contributed by atoms with Crippen molar-refractivity contribution in [2.75, 3.05) is 61.0 Å². The fourth-order valence-electron chi connectivity index (χ4n) is 4.87. The molecule has 39 heavy (non-hydrogen) atoms. The zero-order valence-corrected chi connectivity index (χ0v) is 28.4. The van der Waals surface area contributed by atoms with Crippen molar-refractivity contribution >= 4 is 21.2 Å². The van der Waals surface area contributed by atoms with Gasteiger partial charge < -0.3 is 33.2 Å². The van der Waals surface area contributed by atoms with E-state index in [-0.39, 0.29) is 17.9 Å². The second-order valence-corrected chi connectivity index (χ2v) is 14.0. The van der Waals surface area contributed by atoms with Crippen LogP contribution in [0.15, 0.2) is 0 Å². The molecule has 0 bridgehead atoms. The molecule has 0 saturated heterocycles. The molecule has 0 fully saturated rings. The highest BCUT2D eigenvalue weighted by Crippen LogP contribution is 2.29. The lowest BCUT2D eigenvalue weighted by Gasteiger charge is -2.33. The first kappa shape index (κ1) is 41.4. The molecule has 0 amide bonds. The number of halogens is 1. The zero-order valence-electron chi connectivity index (χ0n) is 26.6. The van der Waals surface area contributed by atoms with Crippen LogP contribution in [0.5, 0.6) is 0 Å². The lowest BCUT2D eigenvalue weighted by Crippen LogP contribution is -2.48. The molecule has 0 aromatic rings. The van der Waals surface area contributed by atoms with Crippen LogP contribution in [0.1, 0.15) is 117 Å². The number of methoxy groups -OCH3 is 3. The van der Waals surface area contributed by atoms with Crippen LogP contribution in [0.2, 0.25) is 6.04 Å². The van der Waals surface area contributed by atoms with Gasteiger partial charge in [-0.3, -0.25) is 0 Å². The molecule has 9 heteroatoms. The summed E-state index contributed by atoms with van der Waals surface area (Å²) in [6.07, 6.45) is 19.7. The maximum atomic E-state index is 6.63. The Balaban J connectivity index is 0. The van der Waals surface area contributed by atoms with E-state index in [2.05, 4.69) is 20.8 Å². The average molecular weight is 600 g/mol. The van der Waals surface area contributed by atoms with Crippen molar-refractivity contribution in [3.63, 3.8) is 0 Å². The number of unbranched alkanes of at least 4 members (excludes halogenated alkanes) is 11. The molecule has 1 unspecified atom stereocenters. The maximum Gasteiger partial charge on any atom is 0.501 e. The monoisotopic (exact) mass is 599 g/mol. The molecule has 0 aliphatic heterocycles. The summed E-state index contributed by atoms with van der Waals surface area (Å²) in [4.78, 5) is 0. The van der Waals surface area contributed by atoms with Crippen molar-refractivity contribution < 1.29 is 27.5 Å². The van der Waals surface area contributed by atoms with Crippen molar-refractivity contribution in [1.82, 2.24) is 0 Å². The number of rotatable bonds is 30. The molecule has 7 nitrogen and oxygen atoms in total. The third kappa shape index (κ3) is 24.5. The molecular formula is C30H66ClNO6Si. The Morgan fingerprint density at radius 1 is 0.564 bits per heavy atom. The summed E-state index contributed by atoms with van der Waals surface area (Å²) in [6.45, 7) is 9.50. The van der Waals surface area contributed by atoms with Gasteiger partial charge >= 0.3 is 8.80 Å². The smallest absolute Gasteiger partial charge is 0.382 e. The second-order valence-electron chi connectivity index (χ2n) is 11.3. The van der Waals surface area contributed by atoms with E-state index in [9.17, 15) is 0 Å². The van der Waals surface area contributed by atoms with Gasteiger partial charge in [-0.1, -0.05) is 84.0 Å². The zero-order chi connectivity index (χ0) is 28.4. The average Bonchev–Trinajstić information content (AvgIpc) is 2.88. The molecule has 0 saturated carbocycles. The minimum absolute atomic E-state index is 0. The van der Waals surface area contributed by atoms with E-state index in [0.717, 1.165) is 18.9 Å². The second kappa shape index (κ2) is 28.4. The standard InChI is InChI=1S/C30H65NO6Si.ClH/c1-7-8-9-10-11-12-13-14-15-16-17-18-20-29(30(2,3)31)21-19-28-38(35-25-22-32-4,36-26-23-33-5)37-27-24-34-6;/h29H,7-28,31H2,1-6H3;1H. The van der Waals surface area contributed by atoms with Gasteiger partial charge in [0.1, 0.15) is 0 Å². The molecule has 0 aromatic heterocycles. The summed E-state index contributed by atoms with van der Waals surface area (Å²) in [6, 6.07) is 0.759. The molecule has 0 aromatic carbocycles. The van der Waals surface area contributed by atoms with Crippen LogP contribution < -0.4 is 5.73 Å². The minimum Gasteiger partial charge on any atom is -0.382 e. The topological polar surface area (TPSA) is 81.4 Å². The summed E-state index contributed by atoms with van der Waals surface area (Å²) in [5.41, 5.74) is 6.43. The van der Waals surface area contributed by atoms with Crippen molar-refractivity contribution in [2.24, 2.45) is 11.7 Å². The van der Waals surface area contributed by atoms with Crippen LogP contribution in [-0.2, 0) is 27.5 Å². The molecule has 0 aliphatic rings. The van der Waals surface area contributed by atoms with Crippen molar-refractivity contribution in [3.05, 3.63) is 0 Å². The summed E-state index contributed by atoms with van der Waals surface area (Å²) in [7, 11) is 2.14.